The van der Waals surface area contributed by atoms with E-state index in [4.69, 9.17) is 9.15 Å². The van der Waals surface area contributed by atoms with Gasteiger partial charge >= 0.3 is 0 Å². The van der Waals surface area contributed by atoms with Gasteiger partial charge in [-0.1, -0.05) is 35.9 Å². The lowest BCUT2D eigenvalue weighted by Gasteiger charge is -2.18. The predicted octanol–water partition coefficient (Wildman–Crippen LogP) is 4.39. The third-order valence-electron chi connectivity index (χ3n) is 4.47. The minimum absolute atomic E-state index is 0.109. The van der Waals surface area contributed by atoms with E-state index < -0.39 is 0 Å². The highest BCUT2D eigenvalue weighted by atomic mass is 16.5. The number of nitrogens with zero attached hydrogens (tertiary/aromatic N) is 1. The van der Waals surface area contributed by atoms with E-state index in [1.54, 1.807) is 7.11 Å². The lowest BCUT2D eigenvalue weighted by atomic mass is 10.0. The van der Waals surface area contributed by atoms with Crippen LogP contribution in [0.25, 0.3) is 11.5 Å². The van der Waals surface area contributed by atoms with Crippen molar-refractivity contribution in [1.29, 1.82) is 0 Å². The van der Waals surface area contributed by atoms with Gasteiger partial charge in [-0.15, -0.1) is 0 Å². The highest BCUT2D eigenvalue weighted by Crippen LogP contribution is 2.26. The molecule has 5 heteroatoms. The first-order valence-electron chi connectivity index (χ1n) is 8.93. The molecule has 0 aliphatic heterocycles. The fourth-order valence-corrected chi connectivity index (χ4v) is 3.01. The number of carbonyl (C=O) groups is 1. The number of aryl methyl sites for hydroxylation is 2. The molecule has 1 heterocycles. The molecule has 0 saturated carbocycles. The van der Waals surface area contributed by atoms with Crippen LogP contribution in [0.5, 0.6) is 5.75 Å². The number of oxazole rings is 1. The van der Waals surface area contributed by atoms with Crippen LogP contribution in [0.2, 0.25) is 0 Å². The molecular formula is C22H24N2O3. The van der Waals surface area contributed by atoms with Crippen molar-refractivity contribution in [2.24, 2.45) is 0 Å². The summed E-state index contributed by atoms with van der Waals surface area (Å²) in [4.78, 5) is 17.0. The average Bonchev–Trinajstić information content (AvgIpc) is 3.02. The maximum Gasteiger partial charge on any atom is 0.226 e. The van der Waals surface area contributed by atoms with E-state index in [0.29, 0.717) is 17.3 Å². The first-order chi connectivity index (χ1) is 13.0. The highest BCUT2D eigenvalue weighted by molar-refractivity contribution is 5.79. The third kappa shape index (κ3) is 4.37. The summed E-state index contributed by atoms with van der Waals surface area (Å²) in [5.74, 6) is 1.84. The zero-order chi connectivity index (χ0) is 19.4. The van der Waals surface area contributed by atoms with Crippen molar-refractivity contribution in [3.05, 3.63) is 71.1 Å². The summed E-state index contributed by atoms with van der Waals surface area (Å²) in [6.45, 7) is 5.79. The van der Waals surface area contributed by atoms with E-state index in [1.165, 1.54) is 0 Å². The van der Waals surface area contributed by atoms with Gasteiger partial charge in [-0.3, -0.25) is 4.79 Å². The van der Waals surface area contributed by atoms with E-state index in [9.17, 15) is 4.79 Å². The molecule has 27 heavy (non-hydrogen) atoms. The summed E-state index contributed by atoms with van der Waals surface area (Å²) in [5.41, 5.74) is 3.61. The molecule has 0 fully saturated rings. The number of hydrogen-bond acceptors (Lipinski definition) is 4. The van der Waals surface area contributed by atoms with Crippen LogP contribution in [-0.4, -0.2) is 18.0 Å². The largest absolute Gasteiger partial charge is 0.496 e. The number of hydrogen-bond donors (Lipinski definition) is 1. The van der Waals surface area contributed by atoms with Crippen molar-refractivity contribution in [2.45, 2.75) is 33.2 Å². The Morgan fingerprint density at radius 3 is 2.63 bits per heavy atom. The van der Waals surface area contributed by atoms with Gasteiger partial charge in [0.15, 0.2) is 0 Å². The molecule has 3 rings (SSSR count). The molecule has 5 nitrogen and oxygen atoms in total. The Hall–Kier alpha value is -3.08. The monoisotopic (exact) mass is 364 g/mol. The highest BCUT2D eigenvalue weighted by Gasteiger charge is 2.18. The molecule has 2 aromatic carbocycles. The molecule has 1 aromatic heterocycles. The fourth-order valence-electron chi connectivity index (χ4n) is 3.01. The van der Waals surface area contributed by atoms with Crippen molar-refractivity contribution in [2.75, 3.05) is 7.11 Å². The lowest BCUT2D eigenvalue weighted by molar-refractivity contribution is -0.121. The van der Waals surface area contributed by atoms with Gasteiger partial charge in [-0.2, -0.15) is 0 Å². The van der Waals surface area contributed by atoms with Crippen molar-refractivity contribution in [1.82, 2.24) is 10.3 Å². The van der Waals surface area contributed by atoms with E-state index in [2.05, 4.69) is 10.3 Å². The fraction of sp³-hybridized carbons (Fsp3) is 0.273. The summed E-state index contributed by atoms with van der Waals surface area (Å²) >= 11 is 0. The minimum atomic E-state index is -0.173. The average molecular weight is 364 g/mol. The first kappa shape index (κ1) is 18.7. The molecule has 1 unspecified atom stereocenters. The standard InChI is InChI=1S/C22H24N2O3/c1-14-10-11-20(26-4)18(12-14)15(2)23-21(25)13-19-16(3)27-22(24-19)17-8-6-5-7-9-17/h5-12,15H,13H2,1-4H3,(H,23,25). The number of nitrogens with one attached hydrogen (secondary N) is 1. The Balaban J connectivity index is 1.71. The van der Waals surface area contributed by atoms with Gasteiger partial charge in [0.05, 0.1) is 25.3 Å². The first-order valence-corrected chi connectivity index (χ1v) is 8.93. The quantitative estimate of drug-likeness (QED) is 0.705. The number of amides is 1. The van der Waals surface area contributed by atoms with Crippen LogP contribution in [0.15, 0.2) is 52.9 Å². The van der Waals surface area contributed by atoms with Gasteiger partial charge in [-0.05, 0) is 39.0 Å². The van der Waals surface area contributed by atoms with Crippen molar-refractivity contribution in [3.8, 4) is 17.2 Å². The zero-order valence-electron chi connectivity index (χ0n) is 16.1. The molecule has 0 aliphatic carbocycles. The maximum atomic E-state index is 12.5. The van der Waals surface area contributed by atoms with Crippen LogP contribution in [0.4, 0.5) is 0 Å². The van der Waals surface area contributed by atoms with Crippen molar-refractivity contribution >= 4 is 5.91 Å². The number of carbonyl (C=O) groups excluding carboxylic acids is 1. The molecule has 3 aromatic rings. The molecule has 0 radical (unpaired) electrons. The second-order valence-electron chi connectivity index (χ2n) is 6.60. The molecule has 0 saturated heterocycles. The van der Waals surface area contributed by atoms with Crippen LogP contribution in [0.3, 0.4) is 0 Å². The number of aromatic nitrogens is 1. The summed E-state index contributed by atoms with van der Waals surface area (Å²) < 4.78 is 11.1. The van der Waals surface area contributed by atoms with Gasteiger partial charge in [0.1, 0.15) is 11.5 Å². The Kier molecular flexibility index (Phi) is 5.60. The molecule has 1 amide bonds. The van der Waals surface area contributed by atoms with Crippen molar-refractivity contribution in [3.63, 3.8) is 0 Å². The van der Waals surface area contributed by atoms with E-state index in [1.807, 2.05) is 69.3 Å². The molecule has 1 N–H and O–H groups in total. The third-order valence-corrected chi connectivity index (χ3v) is 4.47. The lowest BCUT2D eigenvalue weighted by Crippen LogP contribution is -2.28. The van der Waals surface area contributed by atoms with Gasteiger partial charge in [0, 0.05) is 11.1 Å². The number of benzene rings is 2. The Morgan fingerprint density at radius 1 is 1.19 bits per heavy atom. The summed E-state index contributed by atoms with van der Waals surface area (Å²) in [7, 11) is 1.63. The SMILES string of the molecule is COc1ccc(C)cc1C(C)NC(=O)Cc1nc(-c2ccccc2)oc1C. The normalized spacial score (nSPS) is 11.9. The van der Waals surface area contributed by atoms with Crippen molar-refractivity contribution < 1.29 is 13.9 Å². The van der Waals surface area contributed by atoms with Gasteiger partial charge < -0.3 is 14.5 Å². The molecule has 140 valence electrons. The minimum Gasteiger partial charge on any atom is -0.496 e. The Labute approximate surface area is 159 Å². The maximum absolute atomic E-state index is 12.5. The van der Waals surface area contributed by atoms with Crippen LogP contribution in [-0.2, 0) is 11.2 Å². The Bertz CT molecular complexity index is 932. The van der Waals surface area contributed by atoms with E-state index in [0.717, 1.165) is 22.4 Å². The topological polar surface area (TPSA) is 64.4 Å². The number of ether oxygens (including phenoxy) is 1. The predicted molar refractivity (Wildman–Crippen MR) is 105 cm³/mol. The second-order valence-corrected chi connectivity index (χ2v) is 6.60. The van der Waals surface area contributed by atoms with Gasteiger partial charge in [0.2, 0.25) is 11.8 Å². The molecule has 0 spiro atoms. The van der Waals surface area contributed by atoms with Crippen LogP contribution >= 0.6 is 0 Å². The molecule has 1 atom stereocenters. The van der Waals surface area contributed by atoms with E-state index >= 15 is 0 Å². The van der Waals surface area contributed by atoms with Crippen LogP contribution in [0.1, 0.15) is 35.5 Å². The number of methoxy groups -OCH3 is 1. The van der Waals surface area contributed by atoms with Crippen LogP contribution in [0, 0.1) is 13.8 Å². The Morgan fingerprint density at radius 2 is 1.93 bits per heavy atom. The van der Waals surface area contributed by atoms with Gasteiger partial charge in [-0.25, -0.2) is 4.98 Å². The van der Waals surface area contributed by atoms with Gasteiger partial charge in [0.25, 0.3) is 0 Å². The summed E-state index contributed by atoms with van der Waals surface area (Å²) in [5, 5.41) is 3.02. The zero-order valence-corrected chi connectivity index (χ0v) is 16.1. The number of rotatable bonds is 6. The summed E-state index contributed by atoms with van der Waals surface area (Å²) in [6, 6.07) is 15.4. The summed E-state index contributed by atoms with van der Waals surface area (Å²) in [6.07, 6.45) is 0.167. The molecular weight excluding hydrogens is 340 g/mol. The smallest absolute Gasteiger partial charge is 0.226 e. The second kappa shape index (κ2) is 8.08. The van der Waals surface area contributed by atoms with E-state index in [-0.39, 0.29) is 18.4 Å². The molecule has 0 aliphatic rings. The molecule has 0 bridgehead atoms. The van der Waals surface area contributed by atoms with Crippen LogP contribution < -0.4 is 10.1 Å².